The number of methoxy groups -OCH3 is 1. The molecule has 11 heteroatoms. The zero-order valence-electron chi connectivity index (χ0n) is 23.0. The first-order chi connectivity index (χ1) is 17.9. The highest BCUT2D eigenvalue weighted by Crippen LogP contribution is 2.60. The summed E-state index contributed by atoms with van der Waals surface area (Å²) in [6.45, 7) is 8.49. The van der Waals surface area contributed by atoms with Gasteiger partial charge in [0.15, 0.2) is 0 Å². The molecule has 2 unspecified atom stereocenters. The van der Waals surface area contributed by atoms with Gasteiger partial charge in [0.05, 0.1) is 32.1 Å². The Hall–Kier alpha value is -3.24. The zero-order chi connectivity index (χ0) is 27.7. The van der Waals surface area contributed by atoms with Crippen molar-refractivity contribution in [2.24, 2.45) is 34.8 Å². The van der Waals surface area contributed by atoms with E-state index in [4.69, 9.17) is 19.9 Å². The highest BCUT2D eigenvalue weighted by Gasteiger charge is 2.56. The molecule has 0 aromatic carbocycles. The molecular weight excluding hydrogens is 490 g/mol. The first-order valence-electron chi connectivity index (χ1n) is 13.4. The maximum absolute atomic E-state index is 13.6. The van der Waals surface area contributed by atoms with E-state index in [2.05, 4.69) is 15.7 Å². The van der Waals surface area contributed by atoms with E-state index in [0.29, 0.717) is 42.4 Å². The van der Waals surface area contributed by atoms with Crippen LogP contribution in [0.4, 0.5) is 9.59 Å². The second-order valence-electron chi connectivity index (χ2n) is 12.2. The number of aromatic nitrogens is 2. The minimum atomic E-state index is -0.727. The SMILES string of the molecule is COC(=O)NC(C)(C)/C=C/n1ncc(C(=O)N[C@H]2C3CC4CC2C[C@](COC(N)=O)(C4)C3)c1OCC(C)C. The van der Waals surface area contributed by atoms with Crippen LogP contribution in [0.3, 0.4) is 0 Å². The number of carbonyl (C=O) groups excluding carboxylic acids is 3. The van der Waals surface area contributed by atoms with Crippen molar-refractivity contribution >= 4 is 24.3 Å². The van der Waals surface area contributed by atoms with Gasteiger partial charge in [-0.15, -0.1) is 0 Å². The fourth-order valence-electron chi connectivity index (χ4n) is 6.67. The Labute approximate surface area is 223 Å². The molecule has 3 amide bonds. The van der Waals surface area contributed by atoms with Crippen LogP contribution in [-0.4, -0.2) is 59.8 Å². The summed E-state index contributed by atoms with van der Waals surface area (Å²) < 4.78 is 17.5. The van der Waals surface area contributed by atoms with Crippen molar-refractivity contribution in [3.8, 4) is 5.88 Å². The second-order valence-corrected chi connectivity index (χ2v) is 12.2. The molecule has 0 radical (unpaired) electrons. The molecular formula is C27H41N5O6. The van der Waals surface area contributed by atoms with Gasteiger partial charge in [0.25, 0.3) is 5.91 Å². The van der Waals surface area contributed by atoms with Crippen LogP contribution in [0.15, 0.2) is 12.3 Å². The molecule has 1 heterocycles. The third-order valence-corrected chi connectivity index (χ3v) is 8.01. The Morgan fingerprint density at radius 2 is 1.92 bits per heavy atom. The molecule has 4 aliphatic carbocycles. The van der Waals surface area contributed by atoms with Crippen LogP contribution in [0.2, 0.25) is 0 Å². The summed E-state index contributed by atoms with van der Waals surface area (Å²) in [4.78, 5) is 36.5. The van der Waals surface area contributed by atoms with Gasteiger partial charge in [-0.1, -0.05) is 13.8 Å². The van der Waals surface area contributed by atoms with Crippen molar-refractivity contribution in [3.63, 3.8) is 0 Å². The van der Waals surface area contributed by atoms with Gasteiger partial charge >= 0.3 is 12.2 Å². The number of hydrogen-bond donors (Lipinski definition) is 3. The number of nitrogens with two attached hydrogens (primary N) is 1. The molecule has 0 aliphatic heterocycles. The van der Waals surface area contributed by atoms with Crippen LogP contribution in [0.1, 0.15) is 70.2 Å². The molecule has 1 aromatic rings. The van der Waals surface area contributed by atoms with E-state index in [1.165, 1.54) is 18.0 Å². The number of amides is 3. The number of ether oxygens (including phenoxy) is 3. The van der Waals surface area contributed by atoms with E-state index < -0.39 is 17.7 Å². The van der Waals surface area contributed by atoms with E-state index in [1.807, 2.05) is 27.7 Å². The predicted octanol–water partition coefficient (Wildman–Crippen LogP) is 3.54. The number of carbonyl (C=O) groups is 3. The summed E-state index contributed by atoms with van der Waals surface area (Å²) in [6, 6.07) is 0.0563. The van der Waals surface area contributed by atoms with Crippen LogP contribution >= 0.6 is 0 Å². The van der Waals surface area contributed by atoms with Gasteiger partial charge in [-0.25, -0.2) is 14.3 Å². The lowest BCUT2D eigenvalue weighted by Crippen LogP contribution is -2.60. The maximum atomic E-state index is 13.6. The monoisotopic (exact) mass is 531 g/mol. The van der Waals surface area contributed by atoms with Crippen molar-refractivity contribution in [1.82, 2.24) is 20.4 Å². The molecule has 0 spiro atoms. The van der Waals surface area contributed by atoms with E-state index in [0.717, 1.165) is 32.1 Å². The Balaban J connectivity index is 1.50. The minimum absolute atomic E-state index is 0.0288. The maximum Gasteiger partial charge on any atom is 0.407 e. The van der Waals surface area contributed by atoms with Crippen molar-refractivity contribution in [2.75, 3.05) is 20.3 Å². The zero-order valence-corrected chi connectivity index (χ0v) is 23.0. The predicted molar refractivity (Wildman–Crippen MR) is 140 cm³/mol. The first kappa shape index (κ1) is 27.8. The summed E-state index contributed by atoms with van der Waals surface area (Å²) in [7, 11) is 1.31. The number of hydrogen-bond acceptors (Lipinski definition) is 7. The first-order valence-corrected chi connectivity index (χ1v) is 13.4. The topological polar surface area (TPSA) is 147 Å². The fourth-order valence-corrected chi connectivity index (χ4v) is 6.67. The summed E-state index contributed by atoms with van der Waals surface area (Å²) >= 11 is 0. The molecule has 11 nitrogen and oxygen atoms in total. The van der Waals surface area contributed by atoms with Crippen molar-refractivity contribution < 1.29 is 28.6 Å². The summed E-state index contributed by atoms with van der Waals surface area (Å²) in [5.41, 5.74) is 4.87. The van der Waals surface area contributed by atoms with Gasteiger partial charge in [-0.3, -0.25) is 4.79 Å². The molecule has 1 aromatic heterocycles. The third-order valence-electron chi connectivity index (χ3n) is 8.01. The van der Waals surface area contributed by atoms with Crippen LogP contribution in [-0.2, 0) is 9.47 Å². The van der Waals surface area contributed by atoms with Gasteiger partial charge in [0, 0.05) is 17.7 Å². The standard InChI is InChI=1S/C27H41N5O6/c1-16(2)14-37-23-20(13-29-32(23)7-6-26(3,4)31-25(35)36-5)22(33)30-21-18-8-17-9-19(21)12-27(10-17,11-18)15-38-24(28)34/h6-7,13,16-19,21H,8-12,14-15H2,1-5H3,(H2,28,34)(H,30,33)(H,31,35)/b7-6+/t17?,18?,19?,21-,27-. The average molecular weight is 532 g/mol. The number of rotatable bonds is 10. The molecule has 4 fully saturated rings. The van der Waals surface area contributed by atoms with Gasteiger partial charge in [0.2, 0.25) is 5.88 Å². The van der Waals surface area contributed by atoms with Crippen molar-refractivity contribution in [1.29, 1.82) is 0 Å². The smallest absolute Gasteiger partial charge is 0.407 e. The Kier molecular flexibility index (Phi) is 7.94. The Morgan fingerprint density at radius 1 is 1.24 bits per heavy atom. The summed E-state index contributed by atoms with van der Waals surface area (Å²) in [5.74, 6) is 1.66. The highest BCUT2D eigenvalue weighted by molar-refractivity contribution is 5.96. The highest BCUT2D eigenvalue weighted by atomic mass is 16.5. The van der Waals surface area contributed by atoms with Crippen LogP contribution in [0.5, 0.6) is 5.88 Å². The minimum Gasteiger partial charge on any atom is -0.477 e. The second kappa shape index (κ2) is 10.9. The molecule has 4 aliphatic rings. The van der Waals surface area contributed by atoms with Gasteiger partial charge in [0.1, 0.15) is 5.56 Å². The van der Waals surface area contributed by atoms with Crippen LogP contribution in [0, 0.1) is 29.1 Å². The van der Waals surface area contributed by atoms with Gasteiger partial charge in [-0.2, -0.15) is 5.10 Å². The third kappa shape index (κ3) is 6.24. The molecule has 4 N–H and O–H groups in total. The van der Waals surface area contributed by atoms with E-state index >= 15 is 0 Å². The average Bonchev–Trinajstić information content (AvgIpc) is 3.24. The molecule has 5 rings (SSSR count). The largest absolute Gasteiger partial charge is 0.477 e. The number of nitrogens with zero attached hydrogens (tertiary/aromatic N) is 2. The molecule has 4 bridgehead atoms. The van der Waals surface area contributed by atoms with Gasteiger partial charge < -0.3 is 30.6 Å². The lowest BCUT2D eigenvalue weighted by atomic mass is 9.48. The summed E-state index contributed by atoms with van der Waals surface area (Å²) in [6.07, 6.45) is 8.71. The van der Waals surface area contributed by atoms with Crippen LogP contribution < -0.4 is 21.1 Å². The molecule has 38 heavy (non-hydrogen) atoms. The molecule has 2 atom stereocenters. The molecule has 210 valence electrons. The number of primary amides is 1. The summed E-state index contributed by atoms with van der Waals surface area (Å²) in [5, 5.41) is 10.4. The molecule has 4 saturated carbocycles. The Morgan fingerprint density at radius 3 is 2.53 bits per heavy atom. The lowest BCUT2D eigenvalue weighted by molar-refractivity contribution is -0.0977. The van der Waals surface area contributed by atoms with Crippen molar-refractivity contribution in [3.05, 3.63) is 17.8 Å². The van der Waals surface area contributed by atoms with E-state index in [-0.39, 0.29) is 23.3 Å². The van der Waals surface area contributed by atoms with E-state index in [1.54, 1.807) is 12.3 Å². The lowest BCUT2D eigenvalue weighted by Gasteiger charge is -2.59. The van der Waals surface area contributed by atoms with Crippen LogP contribution in [0.25, 0.3) is 6.20 Å². The normalized spacial score (nSPS) is 27.9. The quantitative estimate of drug-likeness (QED) is 0.418. The fraction of sp³-hybridized carbons (Fsp3) is 0.704. The Bertz CT molecular complexity index is 1060. The number of alkyl carbamates (subject to hydrolysis) is 1. The number of nitrogens with one attached hydrogen (secondary N) is 2. The van der Waals surface area contributed by atoms with E-state index in [9.17, 15) is 14.4 Å². The van der Waals surface area contributed by atoms with Gasteiger partial charge in [-0.05, 0) is 75.7 Å². The molecule has 0 saturated heterocycles. The van der Waals surface area contributed by atoms with Crippen molar-refractivity contribution in [2.45, 2.75) is 71.4 Å².